The maximum atomic E-state index is 15.6. The fraction of sp³-hybridized carbons (Fsp3) is 0.821. The molecule has 10 rings (SSSR count). The number of rotatable bonds is 14. The van der Waals surface area contributed by atoms with Crippen LogP contribution in [0, 0.1) is 52.0 Å². The summed E-state index contributed by atoms with van der Waals surface area (Å²) in [5.74, 6) is -6.63. The number of fused-ring (bicyclic) bond motifs is 4. The lowest BCUT2D eigenvalue weighted by Crippen LogP contribution is -2.67. The number of esters is 2. The number of alkyl carbamates (subject to hydrolysis) is 1. The Hall–Kier alpha value is -4.04. The Balaban J connectivity index is 0.902. The van der Waals surface area contributed by atoms with Crippen molar-refractivity contribution in [2.45, 2.75) is 288 Å². The van der Waals surface area contributed by atoms with Crippen LogP contribution in [0.15, 0.2) is 46.8 Å². The zero-order valence-corrected chi connectivity index (χ0v) is 55.9. The molecular formula is C67H101N2O24-. The molecule has 1 spiro atoms. The van der Waals surface area contributed by atoms with E-state index in [1.165, 1.54) is 21.0 Å². The van der Waals surface area contributed by atoms with Crippen LogP contribution in [0.4, 0.5) is 4.79 Å². The van der Waals surface area contributed by atoms with E-state index in [-0.39, 0.29) is 55.6 Å². The number of aliphatic hydroxyl groups excluding tert-OH is 5. The molecule has 6 aliphatic heterocycles. The van der Waals surface area contributed by atoms with Gasteiger partial charge in [0, 0.05) is 69.3 Å². The number of ketones is 1. The number of allylic oxidation sites excluding steroid dienone is 3. The minimum atomic E-state index is -2.05. The third kappa shape index (κ3) is 14.3. The van der Waals surface area contributed by atoms with Crippen LogP contribution in [-0.2, 0) is 76.0 Å². The largest absolute Gasteiger partial charge is 0.762 e. The van der Waals surface area contributed by atoms with Crippen LogP contribution in [-0.4, -0.2) is 208 Å². The number of hydrogen-bond acceptors (Lipinski definition) is 25. The number of nitrogens with one attached hydrogen (secondary N) is 1. The molecule has 10 aliphatic rings. The first-order chi connectivity index (χ1) is 43.9. The number of carbonyl (C=O) groups excluding carboxylic acids is 4. The molecule has 0 aromatic rings. The van der Waals surface area contributed by atoms with Crippen LogP contribution in [0.1, 0.15) is 154 Å². The molecule has 30 atom stereocenters. The summed E-state index contributed by atoms with van der Waals surface area (Å²) < 4.78 is 81.8. The third-order valence-corrected chi connectivity index (χ3v) is 22.2. The van der Waals surface area contributed by atoms with Crippen molar-refractivity contribution in [1.29, 1.82) is 0 Å². The van der Waals surface area contributed by atoms with Crippen molar-refractivity contribution in [3.05, 3.63) is 52.0 Å². The van der Waals surface area contributed by atoms with E-state index in [9.17, 15) is 50.3 Å². The zero-order valence-electron chi connectivity index (χ0n) is 55.9. The van der Waals surface area contributed by atoms with Crippen molar-refractivity contribution in [3.8, 4) is 0 Å². The van der Waals surface area contributed by atoms with E-state index in [1.54, 1.807) is 33.8 Å². The average Bonchev–Trinajstić information content (AvgIpc) is 1.68. The molecule has 0 radical (unpaired) electrons. The number of ether oxygens (including phenoxy) is 13. The van der Waals surface area contributed by atoms with Gasteiger partial charge in [0.1, 0.15) is 23.5 Å². The topological polar surface area (TPSA) is 348 Å². The van der Waals surface area contributed by atoms with Crippen LogP contribution in [0.2, 0.25) is 0 Å². The Morgan fingerprint density at radius 1 is 0.699 bits per heavy atom. The molecule has 0 aromatic carbocycles. The Kier molecular flexibility index (Phi) is 22.2. The summed E-state index contributed by atoms with van der Waals surface area (Å²) in [6, 6.07) is -1.05. The summed E-state index contributed by atoms with van der Waals surface area (Å²) in [5, 5.41) is 83.3. The van der Waals surface area contributed by atoms with E-state index in [1.807, 2.05) is 39.8 Å². The monoisotopic (exact) mass is 1320 g/mol. The molecule has 6 heterocycles. The highest BCUT2D eigenvalue weighted by Crippen LogP contribution is 2.61. The molecule has 2 bridgehead atoms. The Labute approximate surface area is 544 Å². The number of Topliss-reactive ketones (excluding diaryl/α,β-unsaturated/α-hetero) is 1. The summed E-state index contributed by atoms with van der Waals surface area (Å²) in [5.41, 5.74) is -4.42. The molecule has 26 nitrogen and oxygen atoms in total. The van der Waals surface area contributed by atoms with Crippen molar-refractivity contribution in [1.82, 2.24) is 10.5 Å². The summed E-state index contributed by atoms with van der Waals surface area (Å²) in [4.78, 5) is 55.6. The van der Waals surface area contributed by atoms with Gasteiger partial charge in [-0.25, -0.2) is 9.59 Å². The number of aliphatic hydroxyl groups is 5. The van der Waals surface area contributed by atoms with Gasteiger partial charge in [-0.2, -0.15) is 0 Å². The van der Waals surface area contributed by atoms with Crippen molar-refractivity contribution in [2.75, 3.05) is 13.7 Å². The summed E-state index contributed by atoms with van der Waals surface area (Å²) in [7, 11) is 1.17. The number of methoxy groups -OCH3 is 1. The van der Waals surface area contributed by atoms with E-state index >= 15 is 4.79 Å². The van der Waals surface area contributed by atoms with Gasteiger partial charge in [-0.3, -0.25) is 14.8 Å². The maximum absolute atomic E-state index is 15.6. The molecule has 6 saturated heterocycles. The highest BCUT2D eigenvalue weighted by atomic mass is 16.8. The van der Waals surface area contributed by atoms with Gasteiger partial charge in [-0.05, 0) is 117 Å². The third-order valence-electron chi connectivity index (χ3n) is 22.2. The molecule has 4 aliphatic carbocycles. The molecule has 26 heteroatoms. The van der Waals surface area contributed by atoms with Crippen LogP contribution in [0.5, 0.6) is 0 Å². The minimum absolute atomic E-state index is 0.0574. The summed E-state index contributed by atoms with van der Waals surface area (Å²) in [6.07, 6.45) is -4.69. The highest BCUT2D eigenvalue weighted by Gasteiger charge is 2.65. The number of nitrogens with zero attached hydrogens (tertiary/aromatic N) is 1. The molecular weight excluding hydrogens is 1220 g/mol. The second-order valence-corrected chi connectivity index (χ2v) is 28.8. The first kappa shape index (κ1) is 71.7. The lowest BCUT2D eigenvalue weighted by atomic mass is 9.49. The molecule has 8 fully saturated rings. The van der Waals surface area contributed by atoms with Gasteiger partial charge in [-0.15, -0.1) is 0 Å². The lowest BCUT2D eigenvalue weighted by Gasteiger charge is -2.56. The van der Waals surface area contributed by atoms with E-state index in [4.69, 9.17) is 61.6 Å². The molecule has 524 valence electrons. The minimum Gasteiger partial charge on any atom is -0.762 e. The number of hydroxylamine groups is 2. The smallest absolute Gasteiger partial charge is 0.407 e. The Bertz CT molecular complexity index is 2800. The van der Waals surface area contributed by atoms with Crippen molar-refractivity contribution in [2.24, 2.45) is 46.8 Å². The van der Waals surface area contributed by atoms with Crippen molar-refractivity contribution in [3.63, 3.8) is 0 Å². The van der Waals surface area contributed by atoms with E-state index < -0.39 is 211 Å². The Morgan fingerprint density at radius 2 is 1.33 bits per heavy atom. The second kappa shape index (κ2) is 28.8. The fourth-order valence-electron chi connectivity index (χ4n) is 17.4. The van der Waals surface area contributed by atoms with E-state index in [2.05, 4.69) is 25.2 Å². The average molecular weight is 1320 g/mol. The van der Waals surface area contributed by atoms with Gasteiger partial charge >= 0.3 is 18.0 Å². The number of hydrogen-bond donors (Lipinski definition) is 7. The van der Waals surface area contributed by atoms with E-state index in [0.717, 1.165) is 5.57 Å². The SMILES string of the molecule is COC(=O)NC1C(C)OC(OC2CC=C(C)C3C=CC4C(OC5CC(OC6CCC(OC7CC(O)C(OC8CCC(O)C(C)O8)C(C)O7)C(C)O6)C(OC(C)=O)C(C)O5)C(C)CC(C)C4C3(C)C(O)=C3C(=O)OC4(CC(CO)CC(O)C4C=C2C)C3=O)CC1(C)N([O-])O. The van der Waals surface area contributed by atoms with Gasteiger partial charge in [0.05, 0.1) is 91.8 Å². The van der Waals surface area contributed by atoms with Crippen LogP contribution in [0.25, 0.3) is 0 Å². The van der Waals surface area contributed by atoms with Gasteiger partial charge < -0.3 is 103 Å². The highest BCUT2D eigenvalue weighted by molar-refractivity contribution is 6.26. The standard InChI is InChI=1S/C67H101N2O24/c1-30-14-18-47(88-54-28-65(11,69(79)80)60(38(9)86-54)68-64(78)81-13)31(2)23-43-45(73)24-40(29-70)27-67(43)62(76)55(63(77)93-67)61(75)66(12)42(30)16-15-41-56(66)32(3)22-33(4)57(41)92-53-26-49(59(37(8)85-53)87-39(10)71)90-50-21-19-48(35(6)83-50)89-52-25-46(74)58(36(7)84-52)91-51-20-17-44(72)34(5)82-51/h14-16,23,32-38,40-54,56-60,70,72-75,79H,17-22,24-29H2,1-13H3,(H,68,78)/q-1. The van der Waals surface area contributed by atoms with Crippen LogP contribution in [0.3, 0.4) is 0 Å². The summed E-state index contributed by atoms with van der Waals surface area (Å²) >= 11 is 0. The first-order valence-corrected chi connectivity index (χ1v) is 33.5. The predicted octanol–water partition coefficient (Wildman–Crippen LogP) is 6.15. The molecule has 0 aromatic heterocycles. The molecule has 30 unspecified atom stereocenters. The molecule has 1 amide bonds. The molecule has 93 heavy (non-hydrogen) atoms. The number of amides is 1. The quantitative estimate of drug-likeness (QED) is 0.0337. The predicted molar refractivity (Wildman–Crippen MR) is 326 cm³/mol. The zero-order chi connectivity index (χ0) is 67.5. The first-order valence-electron chi connectivity index (χ1n) is 33.5. The maximum Gasteiger partial charge on any atom is 0.407 e. The van der Waals surface area contributed by atoms with Crippen molar-refractivity contribution >= 4 is 23.8 Å². The second-order valence-electron chi connectivity index (χ2n) is 28.8. The lowest BCUT2D eigenvalue weighted by molar-refractivity contribution is -0.331. The molecule has 2 saturated carbocycles. The molecule has 7 N–H and O–H groups in total. The number of carbonyl (C=O) groups is 4. The van der Waals surface area contributed by atoms with Gasteiger partial charge in [0.2, 0.25) is 5.78 Å². The van der Waals surface area contributed by atoms with Gasteiger partial charge in [0.25, 0.3) is 0 Å². The fourth-order valence-corrected chi connectivity index (χ4v) is 17.4. The summed E-state index contributed by atoms with van der Waals surface area (Å²) in [6.45, 7) is 20.9. The van der Waals surface area contributed by atoms with Crippen molar-refractivity contribution < 1.29 is 111 Å². The normalized spacial score (nSPS) is 47.3. The van der Waals surface area contributed by atoms with Crippen LogP contribution < -0.4 is 5.32 Å². The van der Waals surface area contributed by atoms with Gasteiger partial charge in [0.15, 0.2) is 43.2 Å². The Morgan fingerprint density at radius 3 is 1.99 bits per heavy atom. The van der Waals surface area contributed by atoms with Gasteiger partial charge in [-0.1, -0.05) is 50.6 Å². The van der Waals surface area contributed by atoms with E-state index in [0.29, 0.717) is 37.7 Å². The van der Waals surface area contributed by atoms with Crippen LogP contribution >= 0.6 is 0 Å².